The summed E-state index contributed by atoms with van der Waals surface area (Å²) >= 11 is 0. The zero-order chi connectivity index (χ0) is 21.2. The van der Waals surface area contributed by atoms with Crippen molar-refractivity contribution in [1.29, 1.82) is 0 Å². The quantitative estimate of drug-likeness (QED) is 0.299. The van der Waals surface area contributed by atoms with E-state index in [-0.39, 0.29) is 5.92 Å². The molecule has 2 rings (SSSR count). The molecule has 2 amide bonds. The van der Waals surface area contributed by atoms with Gasteiger partial charge in [0.25, 0.3) is 5.91 Å². The third-order valence-corrected chi connectivity index (χ3v) is 4.24. The first-order valence-corrected chi connectivity index (χ1v) is 9.02. The molecule has 0 bridgehead atoms. The molecule has 0 heterocycles. The lowest BCUT2D eigenvalue weighted by Gasteiger charge is -2.24. The van der Waals surface area contributed by atoms with Gasteiger partial charge in [-0.1, -0.05) is 37.3 Å². The zero-order valence-corrected chi connectivity index (χ0v) is 15.8. The SMILES string of the molecule is C[C@H](CC/C=C/C(=O)NO)[C@H](OC(=O)Nc1ccccc1)c1ccc(O)c(F)c1. The van der Waals surface area contributed by atoms with Crippen LogP contribution in [0.3, 0.4) is 0 Å². The highest BCUT2D eigenvalue weighted by Crippen LogP contribution is 2.32. The first kappa shape index (κ1) is 21.9. The third-order valence-electron chi connectivity index (χ3n) is 4.24. The van der Waals surface area contributed by atoms with Gasteiger partial charge in [0.15, 0.2) is 11.6 Å². The van der Waals surface area contributed by atoms with E-state index in [2.05, 4.69) is 5.32 Å². The van der Waals surface area contributed by atoms with Crippen LogP contribution in [0, 0.1) is 11.7 Å². The molecule has 29 heavy (non-hydrogen) atoms. The van der Waals surface area contributed by atoms with Crippen molar-refractivity contribution in [3.05, 3.63) is 72.1 Å². The zero-order valence-electron chi connectivity index (χ0n) is 15.8. The Kier molecular flexibility index (Phi) is 8.17. The summed E-state index contributed by atoms with van der Waals surface area (Å²) in [4.78, 5) is 23.3. The predicted octanol–water partition coefficient (Wildman–Crippen LogP) is 4.30. The van der Waals surface area contributed by atoms with Crippen LogP contribution in [0.4, 0.5) is 14.9 Å². The number of amides is 2. The molecule has 2 atom stereocenters. The fourth-order valence-corrected chi connectivity index (χ4v) is 2.74. The summed E-state index contributed by atoms with van der Waals surface area (Å²) in [5.41, 5.74) is 2.44. The van der Waals surface area contributed by atoms with Crippen molar-refractivity contribution in [2.45, 2.75) is 25.9 Å². The maximum absolute atomic E-state index is 13.8. The van der Waals surface area contributed by atoms with Crippen molar-refractivity contribution in [3.8, 4) is 5.75 Å². The lowest BCUT2D eigenvalue weighted by Crippen LogP contribution is -2.22. The minimum Gasteiger partial charge on any atom is -0.505 e. The molecule has 0 aliphatic heterocycles. The topological polar surface area (TPSA) is 108 Å². The van der Waals surface area contributed by atoms with Gasteiger partial charge in [-0.05, 0) is 48.6 Å². The molecule has 0 aliphatic carbocycles. The highest BCUT2D eigenvalue weighted by atomic mass is 19.1. The number of para-hydroxylation sites is 1. The van der Waals surface area contributed by atoms with Gasteiger partial charge >= 0.3 is 6.09 Å². The van der Waals surface area contributed by atoms with Crippen LogP contribution in [-0.2, 0) is 9.53 Å². The van der Waals surface area contributed by atoms with E-state index >= 15 is 0 Å². The van der Waals surface area contributed by atoms with Gasteiger partial charge in [0.1, 0.15) is 6.10 Å². The van der Waals surface area contributed by atoms with E-state index in [0.29, 0.717) is 24.1 Å². The van der Waals surface area contributed by atoms with Crippen LogP contribution in [0.25, 0.3) is 0 Å². The molecule has 0 aromatic heterocycles. The number of aromatic hydroxyl groups is 1. The van der Waals surface area contributed by atoms with E-state index in [1.807, 2.05) is 13.0 Å². The molecule has 154 valence electrons. The number of anilines is 1. The number of carbonyl (C=O) groups is 2. The van der Waals surface area contributed by atoms with Gasteiger partial charge in [-0.25, -0.2) is 14.7 Å². The van der Waals surface area contributed by atoms with Crippen LogP contribution in [-0.4, -0.2) is 22.3 Å². The van der Waals surface area contributed by atoms with Gasteiger partial charge in [-0.3, -0.25) is 15.3 Å². The largest absolute Gasteiger partial charge is 0.505 e. The van der Waals surface area contributed by atoms with Crippen LogP contribution in [0.1, 0.15) is 31.4 Å². The summed E-state index contributed by atoms with van der Waals surface area (Å²) in [6.45, 7) is 1.82. The predicted molar refractivity (Wildman–Crippen MR) is 105 cm³/mol. The standard InChI is InChI=1S/C21H23FN2O5/c1-14(7-5-6-10-19(26)24-28)20(15-11-12-18(25)17(22)13-15)29-21(27)23-16-8-3-2-4-9-16/h2-4,6,8-14,20,25,28H,5,7H2,1H3,(H,23,27)(H,24,26)/b10-6+/t14-,20+/m1/s1. The maximum atomic E-state index is 13.8. The molecule has 0 unspecified atom stereocenters. The second-order valence-electron chi connectivity index (χ2n) is 6.46. The molecular formula is C21H23FN2O5. The van der Waals surface area contributed by atoms with Crippen molar-refractivity contribution in [2.75, 3.05) is 5.32 Å². The number of rotatable bonds is 8. The minimum absolute atomic E-state index is 0.234. The number of ether oxygens (including phenoxy) is 1. The molecular weight excluding hydrogens is 379 g/mol. The number of phenolic OH excluding ortho intramolecular Hbond substituents is 1. The molecule has 0 saturated heterocycles. The molecule has 0 fully saturated rings. The van der Waals surface area contributed by atoms with Crippen LogP contribution < -0.4 is 10.8 Å². The number of nitrogens with one attached hydrogen (secondary N) is 2. The van der Waals surface area contributed by atoms with E-state index in [9.17, 15) is 19.1 Å². The van der Waals surface area contributed by atoms with Crippen LogP contribution in [0.15, 0.2) is 60.7 Å². The number of hydrogen-bond donors (Lipinski definition) is 4. The summed E-state index contributed by atoms with van der Waals surface area (Å²) in [7, 11) is 0. The molecule has 8 heteroatoms. The average Bonchev–Trinajstić information content (AvgIpc) is 2.72. The molecule has 0 aliphatic rings. The summed E-state index contributed by atoms with van der Waals surface area (Å²) in [5.74, 6) is -2.19. The summed E-state index contributed by atoms with van der Waals surface area (Å²) in [6.07, 6.45) is 2.26. The molecule has 0 radical (unpaired) electrons. The van der Waals surface area contributed by atoms with E-state index in [1.54, 1.807) is 30.3 Å². The third kappa shape index (κ3) is 6.93. The Hall–Kier alpha value is -3.39. The number of benzene rings is 2. The molecule has 4 N–H and O–H groups in total. The average molecular weight is 402 g/mol. The Labute approximate surface area is 167 Å². The Balaban J connectivity index is 2.11. The molecule has 2 aromatic carbocycles. The number of hydrogen-bond acceptors (Lipinski definition) is 5. The van der Waals surface area contributed by atoms with Crippen molar-refractivity contribution in [3.63, 3.8) is 0 Å². The van der Waals surface area contributed by atoms with Crippen LogP contribution in [0.2, 0.25) is 0 Å². The van der Waals surface area contributed by atoms with Gasteiger partial charge in [-0.2, -0.15) is 0 Å². The van der Waals surface area contributed by atoms with Gasteiger partial charge < -0.3 is 9.84 Å². The lowest BCUT2D eigenvalue weighted by atomic mass is 9.93. The fourth-order valence-electron chi connectivity index (χ4n) is 2.74. The normalized spacial score (nSPS) is 12.9. The van der Waals surface area contributed by atoms with Gasteiger partial charge in [0.2, 0.25) is 0 Å². The Bertz CT molecular complexity index is 857. The smallest absolute Gasteiger partial charge is 0.412 e. The van der Waals surface area contributed by atoms with Gasteiger partial charge in [0, 0.05) is 11.8 Å². The van der Waals surface area contributed by atoms with E-state index in [4.69, 9.17) is 9.94 Å². The number of halogens is 1. The highest BCUT2D eigenvalue weighted by Gasteiger charge is 2.24. The van der Waals surface area contributed by atoms with Crippen molar-refractivity contribution in [1.82, 2.24) is 5.48 Å². The maximum Gasteiger partial charge on any atom is 0.412 e. The van der Waals surface area contributed by atoms with E-state index in [1.165, 1.54) is 23.7 Å². The summed E-state index contributed by atoms with van der Waals surface area (Å²) < 4.78 is 19.4. The second kappa shape index (κ2) is 10.8. The highest BCUT2D eigenvalue weighted by molar-refractivity contribution is 5.86. The van der Waals surface area contributed by atoms with E-state index in [0.717, 1.165) is 6.07 Å². The first-order chi connectivity index (χ1) is 13.9. The molecule has 0 spiro atoms. The summed E-state index contributed by atoms with van der Waals surface area (Å²) in [5, 5.41) is 20.5. The van der Waals surface area contributed by atoms with Crippen LogP contribution in [0.5, 0.6) is 5.75 Å². The lowest BCUT2D eigenvalue weighted by molar-refractivity contribution is -0.124. The van der Waals surface area contributed by atoms with Crippen molar-refractivity contribution >= 4 is 17.7 Å². The number of allylic oxidation sites excluding steroid dienone is 1. The van der Waals surface area contributed by atoms with E-state index < -0.39 is 29.7 Å². The monoisotopic (exact) mass is 402 g/mol. The van der Waals surface area contributed by atoms with Gasteiger partial charge in [0.05, 0.1) is 0 Å². The van der Waals surface area contributed by atoms with Crippen molar-refractivity contribution < 1.29 is 29.0 Å². The minimum atomic E-state index is -0.814. The number of phenols is 1. The van der Waals surface area contributed by atoms with Crippen LogP contribution >= 0.6 is 0 Å². The van der Waals surface area contributed by atoms with Gasteiger partial charge in [-0.15, -0.1) is 0 Å². The number of carbonyl (C=O) groups excluding carboxylic acids is 2. The Morgan fingerprint density at radius 3 is 2.59 bits per heavy atom. The first-order valence-electron chi connectivity index (χ1n) is 9.02. The fraction of sp³-hybridized carbons (Fsp3) is 0.238. The second-order valence-corrected chi connectivity index (χ2v) is 6.46. The molecule has 7 nitrogen and oxygen atoms in total. The molecule has 2 aromatic rings. The number of hydroxylamine groups is 1. The Morgan fingerprint density at radius 1 is 1.21 bits per heavy atom. The molecule has 0 saturated carbocycles. The van der Waals surface area contributed by atoms with Crippen molar-refractivity contribution in [2.24, 2.45) is 5.92 Å². The summed E-state index contributed by atoms with van der Waals surface area (Å²) in [6, 6.07) is 12.6. The Morgan fingerprint density at radius 2 is 1.93 bits per heavy atom.